The van der Waals surface area contributed by atoms with Gasteiger partial charge in [0.05, 0.1) is 59.9 Å². The van der Waals surface area contributed by atoms with Crippen LogP contribution in [0.2, 0.25) is 0 Å². The highest BCUT2D eigenvalue weighted by Crippen LogP contribution is 2.37. The molecule has 2 aromatic carbocycles. The second-order valence-electron chi connectivity index (χ2n) is 17.9. The number of aryl methyl sites for hydroxylation is 2. The van der Waals surface area contributed by atoms with E-state index in [-0.39, 0.29) is 42.2 Å². The number of nitrogens with zero attached hydrogens (tertiary/aromatic N) is 8. The molecular weight excluding hydrogens is 839 g/mol. The van der Waals surface area contributed by atoms with Crippen molar-refractivity contribution < 1.29 is 37.4 Å². The molecule has 9 rings (SSSR count). The molecule has 0 saturated carbocycles. The van der Waals surface area contributed by atoms with Gasteiger partial charge < -0.3 is 29.5 Å². The van der Waals surface area contributed by atoms with Gasteiger partial charge in [-0.2, -0.15) is 10.1 Å². The Morgan fingerprint density at radius 2 is 1.78 bits per heavy atom. The van der Waals surface area contributed by atoms with E-state index < -0.39 is 35.3 Å². The Morgan fingerprint density at radius 1 is 0.969 bits per heavy atom. The normalized spacial score (nSPS) is 23.6. The number of ether oxygens (including phenoxy) is 2. The fourth-order valence-corrected chi connectivity index (χ4v) is 9.88. The van der Waals surface area contributed by atoms with Crippen molar-refractivity contribution >= 4 is 46.7 Å². The number of imide groups is 1. The number of rotatable bonds is 7. The van der Waals surface area contributed by atoms with Crippen molar-refractivity contribution in [2.45, 2.75) is 64.5 Å². The minimum atomic E-state index is -1.08. The van der Waals surface area contributed by atoms with Crippen molar-refractivity contribution in [3.8, 4) is 17.1 Å². The molecule has 2 bridgehead atoms. The first kappa shape index (κ1) is 44.0. The second kappa shape index (κ2) is 18.3. The third-order valence-electron chi connectivity index (χ3n) is 13.2. The van der Waals surface area contributed by atoms with Gasteiger partial charge in [-0.3, -0.25) is 34.4 Å². The number of hydrogen-bond acceptors (Lipinski definition) is 12. The van der Waals surface area contributed by atoms with E-state index in [1.54, 1.807) is 30.1 Å². The lowest BCUT2D eigenvalue weighted by atomic mass is 9.89. The van der Waals surface area contributed by atoms with Crippen LogP contribution in [0, 0.1) is 30.4 Å². The first-order valence-electron chi connectivity index (χ1n) is 22.4. The summed E-state index contributed by atoms with van der Waals surface area (Å²) in [6.07, 6.45) is 3.98. The highest BCUT2D eigenvalue weighted by molar-refractivity contribution is 6.19. The maximum atomic E-state index is 15.4. The summed E-state index contributed by atoms with van der Waals surface area (Å²) in [5.41, 5.74) is 5.23. The Bertz CT molecular complexity index is 2540. The molecular formula is C47H54F2N10O6. The van der Waals surface area contributed by atoms with Crippen LogP contribution in [0.3, 0.4) is 0 Å². The summed E-state index contributed by atoms with van der Waals surface area (Å²) in [6, 6.07) is 12.0. The predicted octanol–water partition coefficient (Wildman–Crippen LogP) is 5.01. The molecule has 18 heteroatoms. The second-order valence-corrected chi connectivity index (χ2v) is 17.9. The summed E-state index contributed by atoms with van der Waals surface area (Å²) in [5.74, 6) is -3.41. The van der Waals surface area contributed by atoms with Gasteiger partial charge in [-0.05, 0) is 80.5 Å². The monoisotopic (exact) mass is 892 g/mol. The summed E-state index contributed by atoms with van der Waals surface area (Å²) in [6.45, 7) is 8.58. The highest BCUT2D eigenvalue weighted by Gasteiger charge is 2.39. The van der Waals surface area contributed by atoms with E-state index in [4.69, 9.17) is 14.5 Å². The molecule has 0 unspecified atom stereocenters. The topological polar surface area (TPSA) is 167 Å². The molecule has 4 aromatic rings. The number of hydrogen-bond donors (Lipinski definition) is 2. The van der Waals surface area contributed by atoms with E-state index in [0.717, 1.165) is 35.3 Å². The summed E-state index contributed by atoms with van der Waals surface area (Å²) < 4.78 is 44.4. The zero-order valence-electron chi connectivity index (χ0n) is 37.1. The third kappa shape index (κ3) is 9.05. The van der Waals surface area contributed by atoms with E-state index in [1.807, 2.05) is 29.8 Å². The summed E-state index contributed by atoms with van der Waals surface area (Å²) in [7, 11) is 3.45. The van der Waals surface area contributed by atoms with Gasteiger partial charge >= 0.3 is 0 Å². The number of piperidine rings is 1. The van der Waals surface area contributed by atoms with E-state index in [0.29, 0.717) is 99.9 Å². The number of fused-ring (bicyclic) bond motifs is 7. The van der Waals surface area contributed by atoms with E-state index in [9.17, 15) is 19.2 Å². The van der Waals surface area contributed by atoms with Gasteiger partial charge in [0.15, 0.2) is 0 Å². The Morgan fingerprint density at radius 3 is 2.57 bits per heavy atom. The number of pyridine rings is 1. The van der Waals surface area contributed by atoms with E-state index in [1.165, 1.54) is 12.1 Å². The number of aliphatic imine (C=N–C) groups is 1. The minimum Gasteiger partial charge on any atom is -0.477 e. The van der Waals surface area contributed by atoms with Gasteiger partial charge in [0.2, 0.25) is 29.6 Å². The van der Waals surface area contributed by atoms with Crippen molar-refractivity contribution in [1.29, 1.82) is 0 Å². The largest absolute Gasteiger partial charge is 0.477 e. The molecule has 0 spiro atoms. The van der Waals surface area contributed by atoms with Crippen LogP contribution in [0.4, 0.5) is 25.8 Å². The molecule has 4 atom stereocenters. The third-order valence-corrected chi connectivity index (χ3v) is 13.2. The molecule has 2 N–H and O–H groups in total. The fraction of sp³-hybridized carbons (Fsp3) is 0.468. The van der Waals surface area contributed by atoms with Crippen LogP contribution in [-0.2, 0) is 32.7 Å². The Labute approximate surface area is 375 Å². The summed E-state index contributed by atoms with van der Waals surface area (Å²) in [5, 5.41) is 9.99. The van der Waals surface area contributed by atoms with Crippen LogP contribution < -0.4 is 25.2 Å². The van der Waals surface area contributed by atoms with Crippen LogP contribution in [0.15, 0.2) is 53.7 Å². The highest BCUT2D eigenvalue weighted by atomic mass is 19.1. The number of methoxy groups -OCH3 is 1. The van der Waals surface area contributed by atoms with Gasteiger partial charge in [0.1, 0.15) is 11.6 Å². The molecule has 0 aliphatic carbocycles. The molecule has 3 fully saturated rings. The number of halogens is 2. The molecule has 342 valence electrons. The first-order chi connectivity index (χ1) is 31.3. The zero-order chi connectivity index (χ0) is 45.5. The number of benzene rings is 2. The molecule has 0 radical (unpaired) electrons. The van der Waals surface area contributed by atoms with Gasteiger partial charge in [0, 0.05) is 88.9 Å². The first-order valence-corrected chi connectivity index (χ1v) is 22.4. The molecule has 2 aromatic heterocycles. The van der Waals surface area contributed by atoms with Crippen LogP contribution in [-0.4, -0.2) is 120 Å². The molecule has 7 heterocycles. The number of anilines is 3. The predicted molar refractivity (Wildman–Crippen MR) is 239 cm³/mol. The number of amides is 4. The molecule has 3 saturated heterocycles. The quantitative estimate of drug-likeness (QED) is 0.239. The lowest BCUT2D eigenvalue weighted by Gasteiger charge is -2.42. The number of guanidine groups is 1. The van der Waals surface area contributed by atoms with Crippen molar-refractivity contribution in [3.63, 3.8) is 0 Å². The fourth-order valence-electron chi connectivity index (χ4n) is 9.88. The van der Waals surface area contributed by atoms with Gasteiger partial charge in [-0.15, -0.1) is 0 Å². The van der Waals surface area contributed by atoms with Gasteiger partial charge in [-0.25, -0.2) is 13.5 Å². The van der Waals surface area contributed by atoms with Crippen LogP contribution in [0.25, 0.3) is 11.3 Å². The van der Waals surface area contributed by atoms with Crippen molar-refractivity contribution in [2.24, 2.45) is 23.9 Å². The van der Waals surface area contributed by atoms with Gasteiger partial charge in [0.25, 0.3) is 5.91 Å². The Kier molecular flexibility index (Phi) is 12.4. The van der Waals surface area contributed by atoms with Crippen molar-refractivity contribution in [3.05, 3.63) is 82.7 Å². The Hall–Kier alpha value is -6.27. The molecule has 4 amide bonds. The maximum absolute atomic E-state index is 15.4. The summed E-state index contributed by atoms with van der Waals surface area (Å²) >= 11 is 0. The minimum absolute atomic E-state index is 0.0113. The average molecular weight is 893 g/mol. The molecule has 16 nitrogen and oxygen atoms in total. The summed E-state index contributed by atoms with van der Waals surface area (Å²) in [4.78, 5) is 69.5. The molecule has 5 aliphatic heterocycles. The van der Waals surface area contributed by atoms with E-state index >= 15 is 8.78 Å². The van der Waals surface area contributed by atoms with Crippen LogP contribution >= 0.6 is 0 Å². The van der Waals surface area contributed by atoms with Crippen LogP contribution in [0.5, 0.6) is 5.88 Å². The SMILES string of the molecule is COC[C@@H]1CN(Cc2ccc3c(c2)N2C[C@H](C)CCCOc4c(cnn4C)-c4cc(cc(C)n4)C(=O)/N=C/2N3)CCN1C(=O)[C@@H]1CCN(c2cc(F)c([C@H]3CCC(=O)NC3=O)c(F)c2)C1. The lowest BCUT2D eigenvalue weighted by Crippen LogP contribution is -2.57. The van der Waals surface area contributed by atoms with Crippen LogP contribution in [0.1, 0.15) is 72.1 Å². The standard InChI is InChI=1S/C47H54F2N10O6/c1-27-6-5-15-65-46-35(21-50-55(46)3)39-18-31(16-28(2)51-39)43(61)54-47-52-38-9-7-29(17-40(38)59(47)22-27)23-56-13-14-58(33(25-56)26-64-4)45(63)30-11-12-57(24-30)32-19-36(48)42(37(49)20-32)34-8-10-41(60)53-44(34)62/h7,9,16-21,27,30,33-34H,5-6,8,10-15,22-26H2,1-4H3,(H,52,54,61)(H,53,60,62)/t27-,30-,33+,34-/m1/s1. The van der Waals surface area contributed by atoms with Gasteiger partial charge in [-0.1, -0.05) is 13.0 Å². The zero-order valence-corrected chi connectivity index (χ0v) is 37.1. The maximum Gasteiger partial charge on any atom is 0.280 e. The molecule has 5 aliphatic rings. The average Bonchev–Trinajstić information content (AvgIpc) is 4.00. The van der Waals surface area contributed by atoms with Crippen molar-refractivity contribution in [1.82, 2.24) is 29.9 Å². The number of piperazine rings is 1. The molecule has 65 heavy (non-hydrogen) atoms. The number of carbonyl (C=O) groups is 4. The number of carbonyl (C=O) groups excluding carboxylic acids is 4. The number of nitrogens with one attached hydrogen (secondary N) is 2. The smallest absolute Gasteiger partial charge is 0.280 e. The van der Waals surface area contributed by atoms with Crippen molar-refractivity contribution in [2.75, 3.05) is 74.7 Å². The van der Waals surface area contributed by atoms with E-state index in [2.05, 4.69) is 49.6 Å². The Balaban J connectivity index is 0.876. The number of aromatic nitrogens is 3. The lowest BCUT2D eigenvalue weighted by molar-refractivity contribution is -0.141.